The van der Waals surface area contributed by atoms with Gasteiger partial charge in [0.25, 0.3) is 0 Å². The van der Waals surface area contributed by atoms with Crippen LogP contribution in [0.5, 0.6) is 0 Å². The molecule has 0 radical (unpaired) electrons. The lowest BCUT2D eigenvalue weighted by Gasteiger charge is -2.34. The topological polar surface area (TPSA) is 78.8 Å². The molecule has 1 atom stereocenters. The summed E-state index contributed by atoms with van der Waals surface area (Å²) in [7, 11) is 1.84. The van der Waals surface area contributed by atoms with E-state index in [0.717, 1.165) is 44.6 Å². The number of likely N-dealkylation sites (N-methyl/N-ethyl adjacent to an activating group) is 1. The van der Waals surface area contributed by atoms with Crippen molar-refractivity contribution in [2.24, 2.45) is 17.5 Å². The lowest BCUT2D eigenvalue weighted by atomic mass is 9.95. The van der Waals surface area contributed by atoms with Crippen LogP contribution in [0.15, 0.2) is 54.6 Å². The highest BCUT2D eigenvalue weighted by molar-refractivity contribution is 6.31. The van der Waals surface area contributed by atoms with Gasteiger partial charge in [-0.15, -0.1) is 0 Å². The molecule has 7 heteroatoms. The quantitative estimate of drug-likeness (QED) is 0.460. The number of nitrogens with two attached hydrogens (primary N) is 2. The first-order valence-corrected chi connectivity index (χ1v) is 11.3. The Morgan fingerprint density at radius 3 is 2.45 bits per heavy atom. The lowest BCUT2D eigenvalue weighted by Crippen LogP contribution is -2.51. The maximum Gasteiger partial charge on any atom is 0.240 e. The highest BCUT2D eigenvalue weighted by atomic mass is 35.5. The second kappa shape index (κ2) is 11.6. The first-order chi connectivity index (χ1) is 14.9. The number of amides is 1. The van der Waals surface area contributed by atoms with Gasteiger partial charge in [0.1, 0.15) is 0 Å². The predicted molar refractivity (Wildman–Crippen MR) is 126 cm³/mol. The molecule has 1 amide bonds. The molecule has 1 unspecified atom stereocenters. The summed E-state index contributed by atoms with van der Waals surface area (Å²) < 4.78 is 0. The second-order valence-electron chi connectivity index (χ2n) is 8.55. The van der Waals surface area contributed by atoms with Crippen LogP contribution in [0.4, 0.5) is 0 Å². The standard InChI is InChI=1S/C24H34ClN5O/c1-28(15-20-11-13-29(14-12-20)16-19-7-3-2-4-8-19)24(31)23(26)18-30(27)17-21-9-5-6-10-22(21)25/h2-10,20,23H,11-18,26-27H2,1H3. The SMILES string of the molecule is CN(CC1CCN(Cc2ccccc2)CC1)C(=O)C(N)CN(N)Cc1ccccc1Cl. The Hall–Kier alpha value is -1.96. The van der Waals surface area contributed by atoms with Crippen molar-refractivity contribution in [3.63, 3.8) is 0 Å². The van der Waals surface area contributed by atoms with Crippen molar-refractivity contribution in [1.82, 2.24) is 14.8 Å². The van der Waals surface area contributed by atoms with E-state index in [1.165, 1.54) is 5.56 Å². The zero-order valence-electron chi connectivity index (χ0n) is 18.3. The van der Waals surface area contributed by atoms with Gasteiger partial charge >= 0.3 is 0 Å². The Bertz CT molecular complexity index is 826. The van der Waals surface area contributed by atoms with Gasteiger partial charge in [-0.2, -0.15) is 0 Å². The number of likely N-dealkylation sites (tertiary alicyclic amines) is 1. The lowest BCUT2D eigenvalue weighted by molar-refractivity contribution is -0.132. The third-order valence-electron chi connectivity index (χ3n) is 5.94. The number of hydrogen-bond donors (Lipinski definition) is 2. The molecule has 1 aliphatic rings. The number of benzene rings is 2. The molecule has 1 heterocycles. The molecular weight excluding hydrogens is 410 g/mol. The van der Waals surface area contributed by atoms with Crippen LogP contribution in [-0.4, -0.2) is 60.0 Å². The van der Waals surface area contributed by atoms with E-state index in [-0.39, 0.29) is 12.5 Å². The van der Waals surface area contributed by atoms with E-state index >= 15 is 0 Å². The zero-order valence-corrected chi connectivity index (χ0v) is 19.0. The van der Waals surface area contributed by atoms with Crippen molar-refractivity contribution >= 4 is 17.5 Å². The average molecular weight is 444 g/mol. The Morgan fingerprint density at radius 2 is 1.77 bits per heavy atom. The number of carbonyl (C=O) groups excluding carboxylic acids is 1. The molecule has 6 nitrogen and oxygen atoms in total. The molecule has 1 fully saturated rings. The normalized spacial score (nSPS) is 16.4. The minimum Gasteiger partial charge on any atom is -0.344 e. The van der Waals surface area contributed by atoms with Crippen molar-refractivity contribution < 1.29 is 4.79 Å². The van der Waals surface area contributed by atoms with Crippen LogP contribution in [0.1, 0.15) is 24.0 Å². The molecule has 0 saturated carbocycles. The van der Waals surface area contributed by atoms with E-state index in [2.05, 4.69) is 29.2 Å². The van der Waals surface area contributed by atoms with Crippen LogP contribution in [0, 0.1) is 5.92 Å². The molecule has 4 N–H and O–H groups in total. The van der Waals surface area contributed by atoms with Gasteiger partial charge in [0.15, 0.2) is 0 Å². The van der Waals surface area contributed by atoms with Gasteiger partial charge in [-0.05, 0) is 49.0 Å². The number of carbonyl (C=O) groups is 1. The van der Waals surface area contributed by atoms with E-state index in [9.17, 15) is 4.79 Å². The largest absolute Gasteiger partial charge is 0.344 e. The summed E-state index contributed by atoms with van der Waals surface area (Å²) in [5.41, 5.74) is 8.44. The molecule has 168 valence electrons. The minimum atomic E-state index is -0.657. The summed E-state index contributed by atoms with van der Waals surface area (Å²) in [6.07, 6.45) is 2.18. The van der Waals surface area contributed by atoms with Crippen molar-refractivity contribution in [3.05, 3.63) is 70.7 Å². The van der Waals surface area contributed by atoms with Crippen LogP contribution in [-0.2, 0) is 17.9 Å². The summed E-state index contributed by atoms with van der Waals surface area (Å²) >= 11 is 6.19. The zero-order chi connectivity index (χ0) is 22.2. The molecule has 1 aliphatic heterocycles. The smallest absolute Gasteiger partial charge is 0.240 e. The molecule has 2 aromatic rings. The van der Waals surface area contributed by atoms with Gasteiger partial charge in [0, 0.05) is 38.2 Å². The van der Waals surface area contributed by atoms with Gasteiger partial charge < -0.3 is 10.6 Å². The number of halogens is 1. The van der Waals surface area contributed by atoms with E-state index < -0.39 is 6.04 Å². The van der Waals surface area contributed by atoms with Crippen molar-refractivity contribution in [1.29, 1.82) is 0 Å². The second-order valence-corrected chi connectivity index (χ2v) is 8.96. The van der Waals surface area contributed by atoms with Crippen LogP contribution in [0.3, 0.4) is 0 Å². The third kappa shape index (κ3) is 7.30. The van der Waals surface area contributed by atoms with Crippen molar-refractivity contribution in [2.75, 3.05) is 33.2 Å². The minimum absolute atomic E-state index is 0.0682. The van der Waals surface area contributed by atoms with Crippen LogP contribution < -0.4 is 11.6 Å². The maximum atomic E-state index is 12.8. The first kappa shape index (κ1) is 23.7. The third-order valence-corrected chi connectivity index (χ3v) is 6.31. The molecule has 0 bridgehead atoms. The van der Waals surface area contributed by atoms with E-state index in [0.29, 0.717) is 17.5 Å². The summed E-state index contributed by atoms with van der Waals surface area (Å²) in [6.45, 7) is 4.57. The van der Waals surface area contributed by atoms with E-state index in [4.69, 9.17) is 23.2 Å². The van der Waals surface area contributed by atoms with Crippen molar-refractivity contribution in [3.8, 4) is 0 Å². The fraction of sp³-hybridized carbons (Fsp3) is 0.458. The molecule has 1 saturated heterocycles. The average Bonchev–Trinajstić information content (AvgIpc) is 2.77. The van der Waals surface area contributed by atoms with Gasteiger partial charge in [0.2, 0.25) is 5.91 Å². The first-order valence-electron chi connectivity index (χ1n) is 10.9. The van der Waals surface area contributed by atoms with Crippen molar-refractivity contribution in [2.45, 2.75) is 32.0 Å². The summed E-state index contributed by atoms with van der Waals surface area (Å²) in [4.78, 5) is 17.0. The monoisotopic (exact) mass is 443 g/mol. The van der Waals surface area contributed by atoms with Gasteiger partial charge in [0.05, 0.1) is 6.04 Å². The van der Waals surface area contributed by atoms with Gasteiger partial charge in [-0.1, -0.05) is 60.1 Å². The van der Waals surface area contributed by atoms with Gasteiger partial charge in [-0.3, -0.25) is 15.5 Å². The number of hydrazine groups is 1. The summed E-state index contributed by atoms with van der Waals surface area (Å²) in [5, 5.41) is 2.22. The Balaban J connectivity index is 1.40. The Morgan fingerprint density at radius 1 is 1.13 bits per heavy atom. The molecule has 0 aromatic heterocycles. The molecule has 0 aliphatic carbocycles. The van der Waals surface area contributed by atoms with E-state index in [1.807, 2.05) is 37.4 Å². The van der Waals surface area contributed by atoms with E-state index in [1.54, 1.807) is 9.91 Å². The molecular formula is C24H34ClN5O. The van der Waals surface area contributed by atoms with Crippen LogP contribution in [0.25, 0.3) is 0 Å². The summed E-state index contributed by atoms with van der Waals surface area (Å²) in [5.74, 6) is 6.53. The van der Waals surface area contributed by atoms with Gasteiger partial charge in [-0.25, -0.2) is 5.01 Å². The Labute approximate surface area is 190 Å². The maximum absolute atomic E-state index is 12.8. The van der Waals surface area contributed by atoms with Crippen LogP contribution in [0.2, 0.25) is 5.02 Å². The van der Waals surface area contributed by atoms with Crippen LogP contribution >= 0.6 is 11.6 Å². The number of nitrogens with zero attached hydrogens (tertiary/aromatic N) is 3. The molecule has 2 aromatic carbocycles. The highest BCUT2D eigenvalue weighted by Crippen LogP contribution is 2.20. The number of rotatable bonds is 9. The molecule has 3 rings (SSSR count). The fourth-order valence-corrected chi connectivity index (χ4v) is 4.37. The number of hydrogen-bond acceptors (Lipinski definition) is 5. The summed E-state index contributed by atoms with van der Waals surface area (Å²) in [6, 6.07) is 17.5. The fourth-order valence-electron chi connectivity index (χ4n) is 4.17. The molecule has 0 spiro atoms. The highest BCUT2D eigenvalue weighted by Gasteiger charge is 2.25. The number of piperidine rings is 1. The Kier molecular flexibility index (Phi) is 8.87. The molecule has 31 heavy (non-hydrogen) atoms. The predicted octanol–water partition coefficient (Wildman–Crippen LogP) is 2.71.